The fourth-order valence-electron chi connectivity index (χ4n) is 2.65. The molecule has 0 atom stereocenters. The third kappa shape index (κ3) is 4.81. The molecule has 0 aliphatic heterocycles. The van der Waals surface area contributed by atoms with Crippen molar-refractivity contribution >= 4 is 15.9 Å². The van der Waals surface area contributed by atoms with Crippen molar-refractivity contribution in [3.63, 3.8) is 0 Å². The van der Waals surface area contributed by atoms with Gasteiger partial charge in [0.1, 0.15) is 5.75 Å². The van der Waals surface area contributed by atoms with Crippen molar-refractivity contribution in [2.24, 2.45) is 5.92 Å². The lowest BCUT2D eigenvalue weighted by Crippen LogP contribution is -2.17. The molecular weight excluding hydrogens is 302 g/mol. The largest absolute Gasteiger partial charge is 0.493 e. The molecule has 0 saturated heterocycles. The summed E-state index contributed by atoms with van der Waals surface area (Å²) in [4.78, 5) is 0. The Bertz CT molecular complexity index is 388. The van der Waals surface area contributed by atoms with Crippen LogP contribution >= 0.6 is 15.9 Å². The van der Waals surface area contributed by atoms with Crippen LogP contribution in [0.1, 0.15) is 44.6 Å². The molecule has 2 rings (SSSR count). The number of ether oxygens (including phenoxy) is 1. The zero-order valence-electron chi connectivity index (χ0n) is 11.8. The predicted molar refractivity (Wildman–Crippen MR) is 83.6 cm³/mol. The third-order valence-corrected chi connectivity index (χ3v) is 4.28. The maximum Gasteiger partial charge on any atom is 0.123 e. The number of benzene rings is 1. The Morgan fingerprint density at radius 3 is 2.79 bits per heavy atom. The molecule has 0 unspecified atom stereocenters. The smallest absolute Gasteiger partial charge is 0.123 e. The van der Waals surface area contributed by atoms with E-state index in [4.69, 9.17) is 4.74 Å². The number of hydrogen-bond donors (Lipinski definition) is 1. The zero-order chi connectivity index (χ0) is 13.5. The topological polar surface area (TPSA) is 21.3 Å². The van der Waals surface area contributed by atoms with Gasteiger partial charge in [-0.05, 0) is 43.5 Å². The van der Waals surface area contributed by atoms with E-state index in [9.17, 15) is 0 Å². The van der Waals surface area contributed by atoms with Gasteiger partial charge < -0.3 is 10.1 Å². The highest BCUT2D eigenvalue weighted by Crippen LogP contribution is 2.27. The molecule has 0 heterocycles. The van der Waals surface area contributed by atoms with E-state index in [0.29, 0.717) is 0 Å². The minimum atomic E-state index is 0.754. The average Bonchev–Trinajstić information content (AvgIpc) is 2.45. The summed E-state index contributed by atoms with van der Waals surface area (Å²) in [7, 11) is 0. The lowest BCUT2D eigenvalue weighted by Gasteiger charge is -2.22. The van der Waals surface area contributed by atoms with Gasteiger partial charge in [0, 0.05) is 16.6 Å². The van der Waals surface area contributed by atoms with E-state index in [-0.39, 0.29) is 0 Å². The Balaban J connectivity index is 1.93. The molecule has 106 valence electrons. The van der Waals surface area contributed by atoms with Gasteiger partial charge in [0.05, 0.1) is 6.61 Å². The van der Waals surface area contributed by atoms with Crippen LogP contribution in [0.3, 0.4) is 0 Å². The highest BCUT2D eigenvalue weighted by atomic mass is 79.9. The van der Waals surface area contributed by atoms with Gasteiger partial charge in [-0.15, -0.1) is 0 Å². The SMILES string of the molecule is CCNCc1cc(Br)ccc1OCC1CCCCC1. The molecule has 0 radical (unpaired) electrons. The van der Waals surface area contributed by atoms with Gasteiger partial charge in [-0.3, -0.25) is 0 Å². The number of hydrogen-bond acceptors (Lipinski definition) is 2. The van der Waals surface area contributed by atoms with E-state index in [0.717, 1.165) is 35.8 Å². The first-order chi connectivity index (χ1) is 9.29. The van der Waals surface area contributed by atoms with Crippen molar-refractivity contribution in [3.05, 3.63) is 28.2 Å². The van der Waals surface area contributed by atoms with Crippen molar-refractivity contribution in [1.82, 2.24) is 5.32 Å². The van der Waals surface area contributed by atoms with Crippen LogP contribution < -0.4 is 10.1 Å². The van der Waals surface area contributed by atoms with Gasteiger partial charge in [-0.1, -0.05) is 42.1 Å². The quantitative estimate of drug-likeness (QED) is 0.830. The van der Waals surface area contributed by atoms with Crippen LogP contribution in [0.4, 0.5) is 0 Å². The van der Waals surface area contributed by atoms with Crippen molar-refractivity contribution in [1.29, 1.82) is 0 Å². The summed E-state index contributed by atoms with van der Waals surface area (Å²) in [6.45, 7) is 4.85. The van der Waals surface area contributed by atoms with Crippen molar-refractivity contribution in [3.8, 4) is 5.75 Å². The molecule has 1 fully saturated rings. The van der Waals surface area contributed by atoms with E-state index in [1.165, 1.54) is 37.7 Å². The molecule has 0 aromatic heterocycles. The van der Waals surface area contributed by atoms with Gasteiger partial charge in [0.2, 0.25) is 0 Å². The van der Waals surface area contributed by atoms with Crippen LogP contribution in [0.5, 0.6) is 5.75 Å². The van der Waals surface area contributed by atoms with Crippen LogP contribution in [-0.2, 0) is 6.54 Å². The minimum Gasteiger partial charge on any atom is -0.493 e. The summed E-state index contributed by atoms with van der Waals surface area (Å²) in [6, 6.07) is 6.30. The van der Waals surface area contributed by atoms with Crippen molar-refractivity contribution in [2.45, 2.75) is 45.6 Å². The van der Waals surface area contributed by atoms with Crippen LogP contribution in [0.25, 0.3) is 0 Å². The molecule has 1 aromatic carbocycles. The molecule has 1 saturated carbocycles. The summed E-state index contributed by atoms with van der Waals surface area (Å²) in [5.74, 6) is 1.79. The fourth-order valence-corrected chi connectivity index (χ4v) is 3.06. The molecule has 19 heavy (non-hydrogen) atoms. The average molecular weight is 326 g/mol. The van der Waals surface area contributed by atoms with Crippen LogP contribution in [0.15, 0.2) is 22.7 Å². The summed E-state index contributed by atoms with van der Waals surface area (Å²) in [5, 5.41) is 3.37. The lowest BCUT2D eigenvalue weighted by atomic mass is 9.90. The molecule has 1 aromatic rings. The first-order valence-corrected chi connectivity index (χ1v) is 8.21. The van der Waals surface area contributed by atoms with E-state index in [1.54, 1.807) is 0 Å². The Hall–Kier alpha value is -0.540. The summed E-state index contributed by atoms with van der Waals surface area (Å²) in [5.41, 5.74) is 1.24. The highest BCUT2D eigenvalue weighted by Gasteiger charge is 2.14. The van der Waals surface area contributed by atoms with Gasteiger partial charge in [-0.2, -0.15) is 0 Å². The second-order valence-corrected chi connectivity index (χ2v) is 6.26. The highest BCUT2D eigenvalue weighted by molar-refractivity contribution is 9.10. The Kier molecular flexibility index (Phi) is 6.18. The fraction of sp³-hybridized carbons (Fsp3) is 0.625. The van der Waals surface area contributed by atoms with Gasteiger partial charge >= 0.3 is 0 Å². The molecule has 2 nitrogen and oxygen atoms in total. The standard InChI is InChI=1S/C16H24BrNO/c1-2-18-11-14-10-15(17)8-9-16(14)19-12-13-6-4-3-5-7-13/h8-10,13,18H,2-7,11-12H2,1H3. The van der Waals surface area contributed by atoms with Crippen LogP contribution in [0, 0.1) is 5.92 Å². The first kappa shape index (κ1) is 14.9. The molecule has 1 aliphatic rings. The normalized spacial score (nSPS) is 16.5. The number of halogens is 1. The number of rotatable bonds is 6. The molecule has 1 N–H and O–H groups in total. The van der Waals surface area contributed by atoms with Gasteiger partial charge in [-0.25, -0.2) is 0 Å². The molecule has 0 bridgehead atoms. The third-order valence-electron chi connectivity index (χ3n) is 3.79. The maximum absolute atomic E-state index is 6.07. The van der Waals surface area contributed by atoms with Crippen molar-refractivity contribution in [2.75, 3.05) is 13.2 Å². The van der Waals surface area contributed by atoms with Crippen molar-refractivity contribution < 1.29 is 4.74 Å². The summed E-state index contributed by atoms with van der Waals surface area (Å²) < 4.78 is 7.18. The molecular formula is C16H24BrNO. The van der Waals surface area contributed by atoms with E-state index in [2.05, 4.69) is 46.4 Å². The Labute approximate surface area is 125 Å². The minimum absolute atomic E-state index is 0.754. The van der Waals surface area contributed by atoms with Crippen LogP contribution in [-0.4, -0.2) is 13.2 Å². The van der Waals surface area contributed by atoms with E-state index < -0.39 is 0 Å². The van der Waals surface area contributed by atoms with Gasteiger partial charge in [0.15, 0.2) is 0 Å². The Morgan fingerprint density at radius 2 is 2.05 bits per heavy atom. The predicted octanol–water partition coefficient (Wildman–Crippen LogP) is 4.52. The first-order valence-electron chi connectivity index (χ1n) is 7.41. The molecule has 3 heteroatoms. The maximum atomic E-state index is 6.07. The summed E-state index contributed by atoms with van der Waals surface area (Å²) >= 11 is 3.53. The molecule has 1 aliphatic carbocycles. The number of nitrogens with one attached hydrogen (secondary N) is 1. The second-order valence-electron chi connectivity index (χ2n) is 5.35. The summed E-state index contributed by atoms with van der Waals surface area (Å²) in [6.07, 6.45) is 6.82. The lowest BCUT2D eigenvalue weighted by molar-refractivity contribution is 0.207. The molecule has 0 amide bonds. The zero-order valence-corrected chi connectivity index (χ0v) is 13.3. The Morgan fingerprint density at radius 1 is 1.26 bits per heavy atom. The van der Waals surface area contributed by atoms with E-state index in [1.807, 2.05) is 0 Å². The monoisotopic (exact) mass is 325 g/mol. The van der Waals surface area contributed by atoms with E-state index >= 15 is 0 Å². The molecule has 0 spiro atoms. The van der Waals surface area contributed by atoms with Crippen LogP contribution in [0.2, 0.25) is 0 Å². The second kappa shape index (κ2) is 7.91. The van der Waals surface area contributed by atoms with Gasteiger partial charge in [0.25, 0.3) is 0 Å².